The molecule has 0 aliphatic rings. The smallest absolute Gasteiger partial charge is 0.273 e. The second kappa shape index (κ2) is 12.8. The van der Waals surface area contributed by atoms with Crippen LogP contribution in [0.1, 0.15) is 29.2 Å². The third kappa shape index (κ3) is 7.23. The number of nitro groups is 1. The van der Waals surface area contributed by atoms with Crippen LogP contribution in [0.2, 0.25) is 0 Å². The Hall–Kier alpha value is -4.53. The van der Waals surface area contributed by atoms with Crippen LogP contribution in [-0.2, 0) is 24.2 Å². The van der Waals surface area contributed by atoms with Gasteiger partial charge in [0.2, 0.25) is 5.91 Å². The van der Waals surface area contributed by atoms with E-state index in [0.29, 0.717) is 35.7 Å². The van der Waals surface area contributed by atoms with E-state index in [9.17, 15) is 19.3 Å². The molecule has 0 bridgehead atoms. The first-order valence-electron chi connectivity index (χ1n) is 11.2. The second-order valence-electron chi connectivity index (χ2n) is 7.70. The molecule has 0 aliphatic heterocycles. The van der Waals surface area contributed by atoms with Gasteiger partial charge < -0.3 is 9.47 Å². The molecule has 36 heavy (non-hydrogen) atoms. The van der Waals surface area contributed by atoms with Crippen LogP contribution in [0.25, 0.3) is 0 Å². The third-order valence-corrected chi connectivity index (χ3v) is 5.06. The van der Waals surface area contributed by atoms with Crippen LogP contribution in [0.4, 0.5) is 10.1 Å². The number of hydrazone groups is 1. The van der Waals surface area contributed by atoms with E-state index in [2.05, 4.69) is 17.1 Å². The number of ether oxygens (including phenoxy) is 2. The van der Waals surface area contributed by atoms with E-state index in [4.69, 9.17) is 9.47 Å². The van der Waals surface area contributed by atoms with Crippen LogP contribution in [0.5, 0.6) is 11.5 Å². The first-order chi connectivity index (χ1) is 17.4. The van der Waals surface area contributed by atoms with Crippen molar-refractivity contribution in [1.29, 1.82) is 0 Å². The number of nitrogens with one attached hydrogen (secondary N) is 1. The number of benzene rings is 3. The number of rotatable bonds is 12. The lowest BCUT2D eigenvalue weighted by molar-refractivity contribution is -0.385. The molecule has 0 radical (unpaired) electrons. The van der Waals surface area contributed by atoms with Crippen LogP contribution in [-0.4, -0.2) is 23.7 Å². The Balaban J connectivity index is 1.75. The number of nitro benzene ring substituents is 1. The lowest BCUT2D eigenvalue weighted by Gasteiger charge is -2.17. The summed E-state index contributed by atoms with van der Waals surface area (Å²) in [6, 6.07) is 15.7. The number of hydrogen-bond acceptors (Lipinski definition) is 6. The van der Waals surface area contributed by atoms with Crippen molar-refractivity contribution in [3.63, 3.8) is 0 Å². The molecule has 0 unspecified atom stereocenters. The Morgan fingerprint density at radius 1 is 1.14 bits per heavy atom. The normalized spacial score (nSPS) is 10.7. The van der Waals surface area contributed by atoms with Gasteiger partial charge >= 0.3 is 0 Å². The van der Waals surface area contributed by atoms with E-state index < -0.39 is 10.8 Å². The van der Waals surface area contributed by atoms with Crippen LogP contribution >= 0.6 is 0 Å². The second-order valence-corrected chi connectivity index (χ2v) is 7.70. The number of nitrogens with zero attached hydrogens (tertiary/aromatic N) is 2. The lowest BCUT2D eigenvalue weighted by atomic mass is 10.1. The number of halogens is 1. The molecule has 9 heteroatoms. The molecule has 1 amide bonds. The van der Waals surface area contributed by atoms with Gasteiger partial charge in [-0.15, -0.1) is 6.58 Å². The molecule has 3 aromatic rings. The van der Waals surface area contributed by atoms with Crippen LogP contribution in [0.15, 0.2) is 78.4 Å². The highest BCUT2D eigenvalue weighted by Crippen LogP contribution is 2.34. The number of para-hydroxylation sites is 1. The average molecular weight is 492 g/mol. The minimum atomic E-state index is -0.526. The van der Waals surface area contributed by atoms with Crippen molar-refractivity contribution < 1.29 is 23.6 Å². The lowest BCUT2D eigenvalue weighted by Crippen LogP contribution is -2.20. The monoisotopic (exact) mass is 491 g/mol. The summed E-state index contributed by atoms with van der Waals surface area (Å²) in [4.78, 5) is 22.9. The molecule has 0 aliphatic carbocycles. The van der Waals surface area contributed by atoms with Crippen LogP contribution in [0.3, 0.4) is 0 Å². The maximum absolute atomic E-state index is 13.2. The van der Waals surface area contributed by atoms with Crippen molar-refractivity contribution >= 4 is 17.8 Å². The summed E-state index contributed by atoms with van der Waals surface area (Å²) in [5.41, 5.74) is 4.82. The zero-order valence-corrected chi connectivity index (χ0v) is 19.8. The van der Waals surface area contributed by atoms with E-state index in [1.165, 1.54) is 30.5 Å². The van der Waals surface area contributed by atoms with Gasteiger partial charge in [0.15, 0.2) is 11.5 Å². The highest BCUT2D eigenvalue weighted by atomic mass is 19.1. The van der Waals surface area contributed by atoms with Gasteiger partial charge in [-0.2, -0.15) is 5.10 Å². The molecule has 1 N–H and O–H groups in total. The first-order valence-corrected chi connectivity index (χ1v) is 11.2. The Bertz CT molecular complexity index is 1260. The highest BCUT2D eigenvalue weighted by Gasteiger charge is 2.16. The summed E-state index contributed by atoms with van der Waals surface area (Å²) < 4.78 is 25.0. The summed E-state index contributed by atoms with van der Waals surface area (Å²) in [7, 11) is 0. The predicted molar refractivity (Wildman–Crippen MR) is 135 cm³/mol. The molecular formula is C27H26FN3O5. The standard InChI is InChI=1S/C27H26FN3O5/c1-3-7-22-14-20(17-29-30-26(32)16-21-8-5-6-9-24(21)31(33)34)15-25(35-4-2)27(22)36-18-19-10-12-23(28)13-11-19/h3,5-6,8-15,17H,1,4,7,16,18H2,2H3,(H,30,32)/b29-17+. The van der Waals surface area contributed by atoms with E-state index in [0.717, 1.165) is 11.1 Å². The van der Waals surface area contributed by atoms with Crippen molar-refractivity contribution in [2.45, 2.75) is 26.4 Å². The van der Waals surface area contributed by atoms with Crippen LogP contribution in [0, 0.1) is 15.9 Å². The van der Waals surface area contributed by atoms with Gasteiger partial charge in [-0.05, 0) is 48.7 Å². The van der Waals surface area contributed by atoms with Crippen molar-refractivity contribution in [1.82, 2.24) is 5.43 Å². The molecule has 0 heterocycles. The molecule has 0 aromatic heterocycles. The van der Waals surface area contributed by atoms with Crippen LogP contribution < -0.4 is 14.9 Å². The van der Waals surface area contributed by atoms with Gasteiger partial charge in [0.1, 0.15) is 12.4 Å². The van der Waals surface area contributed by atoms with Gasteiger partial charge in [-0.3, -0.25) is 14.9 Å². The van der Waals surface area contributed by atoms with Gasteiger partial charge in [0.05, 0.1) is 24.2 Å². The van der Waals surface area contributed by atoms with E-state index >= 15 is 0 Å². The fourth-order valence-corrected chi connectivity index (χ4v) is 3.46. The molecular weight excluding hydrogens is 465 g/mol. The highest BCUT2D eigenvalue weighted by molar-refractivity contribution is 5.85. The van der Waals surface area contributed by atoms with E-state index in [-0.39, 0.29) is 24.5 Å². The molecule has 0 saturated carbocycles. The quantitative estimate of drug-likeness (QED) is 0.164. The summed E-state index contributed by atoms with van der Waals surface area (Å²) in [5, 5.41) is 15.1. The van der Waals surface area contributed by atoms with Gasteiger partial charge in [0.25, 0.3) is 5.69 Å². The Kier molecular flexibility index (Phi) is 9.27. The minimum Gasteiger partial charge on any atom is -0.490 e. The zero-order chi connectivity index (χ0) is 25.9. The van der Waals surface area contributed by atoms with Gasteiger partial charge in [-0.1, -0.05) is 36.4 Å². The molecule has 0 fully saturated rings. The number of hydrogen-bond donors (Lipinski definition) is 1. The number of carbonyl (C=O) groups excluding carboxylic acids is 1. The maximum atomic E-state index is 13.2. The Labute approximate surface area is 208 Å². The molecule has 8 nitrogen and oxygen atoms in total. The Morgan fingerprint density at radius 3 is 2.58 bits per heavy atom. The van der Waals surface area contributed by atoms with Crippen molar-refractivity contribution in [2.75, 3.05) is 6.61 Å². The first kappa shape index (κ1) is 26.1. The van der Waals surface area contributed by atoms with E-state index in [1.54, 1.807) is 36.4 Å². The minimum absolute atomic E-state index is 0.122. The topological polar surface area (TPSA) is 103 Å². The number of amides is 1. The summed E-state index contributed by atoms with van der Waals surface area (Å²) in [6.45, 7) is 6.26. The zero-order valence-electron chi connectivity index (χ0n) is 19.8. The largest absolute Gasteiger partial charge is 0.490 e. The third-order valence-electron chi connectivity index (χ3n) is 5.06. The molecule has 0 atom stereocenters. The molecule has 0 spiro atoms. The Morgan fingerprint density at radius 2 is 1.89 bits per heavy atom. The van der Waals surface area contributed by atoms with Gasteiger partial charge in [-0.25, -0.2) is 9.82 Å². The van der Waals surface area contributed by atoms with Crippen molar-refractivity contribution in [2.24, 2.45) is 5.10 Å². The number of allylic oxidation sites excluding steroid dienone is 1. The summed E-state index contributed by atoms with van der Waals surface area (Å²) in [5.74, 6) is 0.222. The molecule has 0 saturated heterocycles. The van der Waals surface area contributed by atoms with Crippen molar-refractivity contribution in [3.8, 4) is 11.5 Å². The van der Waals surface area contributed by atoms with Crippen molar-refractivity contribution in [3.05, 3.63) is 112 Å². The summed E-state index contributed by atoms with van der Waals surface area (Å²) in [6.07, 6.45) is 3.49. The molecule has 3 rings (SSSR count). The maximum Gasteiger partial charge on any atom is 0.273 e. The summed E-state index contributed by atoms with van der Waals surface area (Å²) >= 11 is 0. The SMILES string of the molecule is C=CCc1cc(/C=N/NC(=O)Cc2ccccc2[N+](=O)[O-])cc(OCC)c1OCc1ccc(F)cc1. The fourth-order valence-electron chi connectivity index (χ4n) is 3.46. The van der Waals surface area contributed by atoms with E-state index in [1.807, 2.05) is 13.0 Å². The predicted octanol–water partition coefficient (Wildman–Crippen LogP) is 5.13. The number of carbonyl (C=O) groups is 1. The fraction of sp³-hybridized carbons (Fsp3) is 0.185. The molecule has 186 valence electrons. The van der Waals surface area contributed by atoms with Gasteiger partial charge in [0, 0.05) is 17.2 Å². The average Bonchev–Trinajstić information content (AvgIpc) is 2.85. The molecule has 3 aromatic carbocycles.